The minimum Gasteiger partial charge on any atom is -0.465 e. The van der Waals surface area contributed by atoms with Crippen LogP contribution in [0.3, 0.4) is 0 Å². The average Bonchev–Trinajstić information content (AvgIpc) is 1.94. The van der Waals surface area contributed by atoms with Crippen molar-refractivity contribution in [3.05, 3.63) is 0 Å². The smallest absolute Gasteiger partial charge is 0.306 e. The van der Waals surface area contributed by atoms with E-state index in [4.69, 9.17) is 4.74 Å². The Kier molecular flexibility index (Phi) is 2.21. The zero-order chi connectivity index (χ0) is 5.82. The van der Waals surface area contributed by atoms with Crippen LogP contribution in [0.5, 0.6) is 0 Å². The molecule has 0 aromatic carbocycles. The van der Waals surface area contributed by atoms with Gasteiger partial charge in [-0.1, -0.05) is 0 Å². The van der Waals surface area contributed by atoms with Crippen molar-refractivity contribution in [2.24, 2.45) is 0 Å². The molecule has 8 heavy (non-hydrogen) atoms. The first-order chi connectivity index (χ1) is 3.89. The van der Waals surface area contributed by atoms with Crippen molar-refractivity contribution in [1.29, 1.82) is 0 Å². The van der Waals surface area contributed by atoms with Crippen LogP contribution in [-0.2, 0) is 9.53 Å². The quantitative estimate of drug-likeness (QED) is 0.453. The van der Waals surface area contributed by atoms with Crippen LogP contribution < -0.4 is 0 Å². The number of ether oxygens (including phenoxy) is 1. The molecule has 0 spiro atoms. The van der Waals surface area contributed by atoms with Crippen LogP contribution >= 0.6 is 11.8 Å². The van der Waals surface area contributed by atoms with Gasteiger partial charge in [-0.05, 0) is 0 Å². The molecule has 1 aliphatic rings. The fourth-order valence-corrected chi connectivity index (χ4v) is 1.26. The molecular weight excluding hydrogens is 124 g/mol. The van der Waals surface area contributed by atoms with E-state index in [1.807, 2.05) is 0 Å². The molecule has 1 fully saturated rings. The normalized spacial score (nSPS) is 21.8. The first kappa shape index (κ1) is 5.95. The first-order valence-electron chi connectivity index (χ1n) is 2.63. The van der Waals surface area contributed by atoms with E-state index in [1.54, 1.807) is 11.8 Å². The topological polar surface area (TPSA) is 26.3 Å². The van der Waals surface area contributed by atoms with Gasteiger partial charge in [-0.3, -0.25) is 4.79 Å². The third-order valence-corrected chi connectivity index (χ3v) is 1.89. The van der Waals surface area contributed by atoms with E-state index < -0.39 is 0 Å². The highest BCUT2D eigenvalue weighted by Gasteiger charge is 2.05. The monoisotopic (exact) mass is 132 g/mol. The minimum absolute atomic E-state index is 0.0463. The lowest BCUT2D eigenvalue weighted by molar-refractivity contribution is -0.142. The number of carbonyl (C=O) groups is 1. The van der Waals surface area contributed by atoms with Crippen molar-refractivity contribution in [1.82, 2.24) is 0 Å². The number of carbonyl (C=O) groups excluding carboxylic acids is 1. The van der Waals surface area contributed by atoms with E-state index in [1.165, 1.54) is 0 Å². The van der Waals surface area contributed by atoms with Crippen LogP contribution in [0.4, 0.5) is 0 Å². The maximum Gasteiger partial charge on any atom is 0.306 e. The molecule has 46 valence electrons. The van der Waals surface area contributed by atoms with Crippen LogP contribution in [-0.4, -0.2) is 24.1 Å². The number of cyclic esters (lactones) is 1. The minimum atomic E-state index is -0.0463. The molecule has 1 rings (SSSR count). The van der Waals surface area contributed by atoms with E-state index >= 15 is 0 Å². The largest absolute Gasteiger partial charge is 0.465 e. The Labute approximate surface area is 52.6 Å². The molecule has 0 atom stereocenters. The lowest BCUT2D eigenvalue weighted by Gasteiger charge is -1.93. The molecule has 1 aliphatic heterocycles. The Hall–Kier alpha value is -0.180. The highest BCUT2D eigenvalue weighted by Crippen LogP contribution is 2.07. The van der Waals surface area contributed by atoms with E-state index in [0.29, 0.717) is 13.0 Å². The lowest BCUT2D eigenvalue weighted by atomic mass is 10.5. The predicted molar refractivity (Wildman–Crippen MR) is 32.9 cm³/mol. The maximum atomic E-state index is 10.4. The molecule has 1 heterocycles. The van der Waals surface area contributed by atoms with Crippen molar-refractivity contribution < 1.29 is 9.53 Å². The molecular formula is C5H8O2S. The standard InChI is InChI=1S/C5H8O2S/c6-5-1-3-8-4-2-7-5/h1-4H2. The van der Waals surface area contributed by atoms with Gasteiger partial charge in [0.2, 0.25) is 0 Å². The fraction of sp³-hybridized carbons (Fsp3) is 0.800. The Morgan fingerprint density at radius 3 is 3.25 bits per heavy atom. The van der Waals surface area contributed by atoms with Gasteiger partial charge in [-0.25, -0.2) is 0 Å². The van der Waals surface area contributed by atoms with Gasteiger partial charge in [0.05, 0.1) is 6.42 Å². The second-order valence-electron chi connectivity index (χ2n) is 1.58. The number of hydrogen-bond donors (Lipinski definition) is 0. The van der Waals surface area contributed by atoms with Crippen molar-refractivity contribution in [3.8, 4) is 0 Å². The Bertz CT molecular complexity index is 82.4. The molecule has 1 saturated heterocycles. The molecule has 0 unspecified atom stereocenters. The molecule has 3 heteroatoms. The molecule has 0 aromatic rings. The summed E-state index contributed by atoms with van der Waals surface area (Å²) in [4.78, 5) is 10.4. The molecule has 0 saturated carbocycles. The number of rotatable bonds is 0. The number of hydrogen-bond acceptors (Lipinski definition) is 3. The van der Waals surface area contributed by atoms with Crippen LogP contribution in [0.2, 0.25) is 0 Å². The SMILES string of the molecule is O=C1CCSCCO1. The Morgan fingerprint density at radius 2 is 2.38 bits per heavy atom. The third kappa shape index (κ3) is 1.74. The molecule has 2 nitrogen and oxygen atoms in total. The summed E-state index contributed by atoms with van der Waals surface area (Å²) in [5.74, 6) is 1.85. The van der Waals surface area contributed by atoms with Crippen LogP contribution in [0.15, 0.2) is 0 Å². The van der Waals surface area contributed by atoms with Gasteiger partial charge in [0.1, 0.15) is 6.61 Å². The second kappa shape index (κ2) is 2.97. The Morgan fingerprint density at radius 1 is 1.50 bits per heavy atom. The number of esters is 1. The van der Waals surface area contributed by atoms with Crippen molar-refractivity contribution in [3.63, 3.8) is 0 Å². The summed E-state index contributed by atoms with van der Waals surface area (Å²) < 4.78 is 4.74. The van der Waals surface area contributed by atoms with Gasteiger partial charge >= 0.3 is 5.97 Å². The predicted octanol–water partition coefficient (Wildman–Crippen LogP) is 0.667. The van der Waals surface area contributed by atoms with Gasteiger partial charge in [-0.15, -0.1) is 0 Å². The first-order valence-corrected chi connectivity index (χ1v) is 3.78. The molecule has 0 radical (unpaired) electrons. The van der Waals surface area contributed by atoms with Crippen LogP contribution in [0, 0.1) is 0 Å². The van der Waals surface area contributed by atoms with E-state index in [2.05, 4.69) is 0 Å². The molecule has 0 aromatic heterocycles. The van der Waals surface area contributed by atoms with Gasteiger partial charge in [0.25, 0.3) is 0 Å². The summed E-state index contributed by atoms with van der Waals surface area (Å²) in [6.07, 6.45) is 0.588. The highest BCUT2D eigenvalue weighted by atomic mass is 32.2. The highest BCUT2D eigenvalue weighted by molar-refractivity contribution is 7.99. The lowest BCUT2D eigenvalue weighted by Crippen LogP contribution is -2.02. The van der Waals surface area contributed by atoms with E-state index in [-0.39, 0.29) is 5.97 Å². The van der Waals surface area contributed by atoms with Gasteiger partial charge in [0.15, 0.2) is 0 Å². The third-order valence-electron chi connectivity index (χ3n) is 0.941. The van der Waals surface area contributed by atoms with Crippen molar-refractivity contribution in [2.45, 2.75) is 6.42 Å². The molecule has 0 amide bonds. The maximum absolute atomic E-state index is 10.4. The zero-order valence-electron chi connectivity index (χ0n) is 4.55. The fourth-order valence-electron chi connectivity index (χ4n) is 0.544. The summed E-state index contributed by atoms with van der Waals surface area (Å²) in [5.41, 5.74) is 0. The summed E-state index contributed by atoms with van der Waals surface area (Å²) in [6, 6.07) is 0. The van der Waals surface area contributed by atoms with Gasteiger partial charge < -0.3 is 4.74 Å². The summed E-state index contributed by atoms with van der Waals surface area (Å²) in [7, 11) is 0. The van der Waals surface area contributed by atoms with Crippen molar-refractivity contribution >= 4 is 17.7 Å². The van der Waals surface area contributed by atoms with Crippen molar-refractivity contribution in [2.75, 3.05) is 18.1 Å². The van der Waals surface area contributed by atoms with Gasteiger partial charge in [0, 0.05) is 11.5 Å². The number of thioether (sulfide) groups is 1. The zero-order valence-corrected chi connectivity index (χ0v) is 5.37. The van der Waals surface area contributed by atoms with Crippen LogP contribution in [0.1, 0.15) is 6.42 Å². The molecule has 0 N–H and O–H groups in total. The second-order valence-corrected chi connectivity index (χ2v) is 2.81. The average molecular weight is 132 g/mol. The van der Waals surface area contributed by atoms with Gasteiger partial charge in [-0.2, -0.15) is 11.8 Å². The summed E-state index contributed by atoms with van der Waals surface area (Å²) in [5, 5.41) is 0. The van der Waals surface area contributed by atoms with E-state index in [0.717, 1.165) is 11.5 Å². The molecule has 0 aliphatic carbocycles. The van der Waals surface area contributed by atoms with E-state index in [9.17, 15) is 4.79 Å². The van der Waals surface area contributed by atoms with Crippen LogP contribution in [0.25, 0.3) is 0 Å². The summed E-state index contributed by atoms with van der Waals surface area (Å²) >= 11 is 1.77. The molecule has 0 bridgehead atoms. The Balaban J connectivity index is 2.27. The summed E-state index contributed by atoms with van der Waals surface area (Å²) in [6.45, 7) is 0.601.